The van der Waals surface area contributed by atoms with Crippen molar-refractivity contribution in [3.8, 4) is 0 Å². The molecule has 0 aromatic heterocycles. The van der Waals surface area contributed by atoms with Crippen LogP contribution in [0.25, 0.3) is 0 Å². The Bertz CT molecular complexity index is 312. The molecule has 1 atom stereocenters. The third-order valence-electron chi connectivity index (χ3n) is 1.97. The first kappa shape index (κ1) is 17.7. The number of hydrogen-bond donors (Lipinski definition) is 2. The molecule has 2 N–H and O–H groups in total. The minimum Gasteiger partial charge on any atom is -0.481 e. The lowest BCUT2D eigenvalue weighted by Crippen LogP contribution is -2.52. The SMILES string of the molecule is COCOC[C@](C)(CC(=O)O)NC(=O)OC(C)(C)C. The molecule has 0 rings (SSSR count). The number of alkyl carbamates (subject to hydrolysis) is 1. The molecular formula is C12H23NO6. The van der Waals surface area contributed by atoms with Crippen molar-refractivity contribution in [3.05, 3.63) is 0 Å². The zero-order chi connectivity index (χ0) is 15.1. The lowest BCUT2D eigenvalue weighted by atomic mass is 9.99. The van der Waals surface area contributed by atoms with E-state index in [9.17, 15) is 9.59 Å². The van der Waals surface area contributed by atoms with Gasteiger partial charge in [0.1, 0.15) is 12.4 Å². The Morgan fingerprint density at radius 2 is 1.79 bits per heavy atom. The molecule has 0 heterocycles. The van der Waals surface area contributed by atoms with Gasteiger partial charge in [0, 0.05) is 7.11 Å². The van der Waals surface area contributed by atoms with E-state index >= 15 is 0 Å². The standard InChI is InChI=1S/C12H23NO6/c1-11(2,3)19-10(16)13-12(4,6-9(14)15)7-18-8-17-5/h6-8H2,1-5H3,(H,13,16)(H,14,15)/t12-/m0/s1. The molecule has 7 heteroatoms. The fourth-order valence-corrected chi connectivity index (χ4v) is 1.37. The average Bonchev–Trinajstić information content (AvgIpc) is 2.12. The zero-order valence-electron chi connectivity index (χ0n) is 12.1. The molecule has 0 aromatic carbocycles. The topological polar surface area (TPSA) is 94.1 Å². The number of carboxylic acid groups (broad SMARTS) is 1. The summed E-state index contributed by atoms with van der Waals surface area (Å²) in [7, 11) is 1.45. The minimum atomic E-state index is -1.06. The summed E-state index contributed by atoms with van der Waals surface area (Å²) in [5.41, 5.74) is -1.71. The number of ether oxygens (including phenoxy) is 3. The van der Waals surface area contributed by atoms with Crippen LogP contribution in [0.5, 0.6) is 0 Å². The van der Waals surface area contributed by atoms with Gasteiger partial charge in [0.2, 0.25) is 0 Å². The van der Waals surface area contributed by atoms with Gasteiger partial charge in [-0.25, -0.2) is 4.79 Å². The van der Waals surface area contributed by atoms with Crippen LogP contribution in [0.15, 0.2) is 0 Å². The smallest absolute Gasteiger partial charge is 0.408 e. The van der Waals surface area contributed by atoms with Crippen LogP contribution in [0.1, 0.15) is 34.1 Å². The van der Waals surface area contributed by atoms with E-state index in [0.717, 1.165) is 0 Å². The van der Waals surface area contributed by atoms with Crippen molar-refractivity contribution in [2.45, 2.75) is 45.3 Å². The van der Waals surface area contributed by atoms with Crippen molar-refractivity contribution in [3.63, 3.8) is 0 Å². The molecule has 0 saturated heterocycles. The van der Waals surface area contributed by atoms with Crippen LogP contribution >= 0.6 is 0 Å². The summed E-state index contributed by atoms with van der Waals surface area (Å²) < 4.78 is 14.9. The lowest BCUT2D eigenvalue weighted by molar-refractivity contribution is -0.140. The van der Waals surface area contributed by atoms with Gasteiger partial charge in [-0.15, -0.1) is 0 Å². The second kappa shape index (κ2) is 7.30. The number of carbonyl (C=O) groups excluding carboxylic acids is 1. The molecule has 0 saturated carbocycles. The molecule has 112 valence electrons. The third-order valence-corrected chi connectivity index (χ3v) is 1.97. The molecule has 19 heavy (non-hydrogen) atoms. The molecule has 0 bridgehead atoms. The Hall–Kier alpha value is -1.34. The Balaban J connectivity index is 4.56. The molecule has 0 unspecified atom stereocenters. The third kappa shape index (κ3) is 9.26. The maximum Gasteiger partial charge on any atom is 0.408 e. The van der Waals surface area contributed by atoms with E-state index in [-0.39, 0.29) is 19.8 Å². The van der Waals surface area contributed by atoms with Crippen LogP contribution in [0.3, 0.4) is 0 Å². The second-order valence-corrected chi connectivity index (χ2v) is 5.51. The van der Waals surface area contributed by atoms with E-state index in [1.165, 1.54) is 7.11 Å². The van der Waals surface area contributed by atoms with Crippen molar-refractivity contribution in [1.82, 2.24) is 5.32 Å². The first-order chi connectivity index (χ1) is 8.58. The number of methoxy groups -OCH3 is 1. The highest BCUT2D eigenvalue weighted by molar-refractivity contribution is 5.72. The summed E-state index contributed by atoms with van der Waals surface area (Å²) in [4.78, 5) is 22.5. The number of rotatable bonds is 7. The van der Waals surface area contributed by atoms with Crippen LogP contribution in [-0.4, -0.2) is 48.8 Å². The Labute approximate surface area is 113 Å². The summed E-state index contributed by atoms with van der Waals surface area (Å²) in [5, 5.41) is 11.4. The average molecular weight is 277 g/mol. The zero-order valence-corrected chi connectivity index (χ0v) is 12.1. The molecule has 0 radical (unpaired) electrons. The van der Waals surface area contributed by atoms with Gasteiger partial charge in [0.25, 0.3) is 0 Å². The quantitative estimate of drug-likeness (QED) is 0.539. The van der Waals surface area contributed by atoms with E-state index in [2.05, 4.69) is 5.32 Å². The van der Waals surface area contributed by atoms with Crippen molar-refractivity contribution < 1.29 is 28.9 Å². The van der Waals surface area contributed by atoms with Crippen LogP contribution < -0.4 is 5.32 Å². The van der Waals surface area contributed by atoms with Crippen molar-refractivity contribution in [1.29, 1.82) is 0 Å². The van der Waals surface area contributed by atoms with E-state index in [1.54, 1.807) is 27.7 Å². The van der Waals surface area contributed by atoms with Gasteiger partial charge in [-0.3, -0.25) is 4.79 Å². The Morgan fingerprint density at radius 3 is 2.21 bits per heavy atom. The minimum absolute atomic E-state index is 0.00633. The fraction of sp³-hybridized carbons (Fsp3) is 0.833. The molecule has 0 aliphatic rings. The number of amides is 1. The van der Waals surface area contributed by atoms with E-state index in [4.69, 9.17) is 19.3 Å². The van der Waals surface area contributed by atoms with Crippen LogP contribution in [0.2, 0.25) is 0 Å². The summed E-state index contributed by atoms with van der Waals surface area (Å²) in [6.45, 7) is 6.77. The monoisotopic (exact) mass is 277 g/mol. The molecule has 0 fully saturated rings. The molecule has 0 aromatic rings. The summed E-state index contributed by atoms with van der Waals surface area (Å²) >= 11 is 0. The predicted octanol–water partition coefficient (Wildman–Crippen LogP) is 1.36. The predicted molar refractivity (Wildman–Crippen MR) is 67.9 cm³/mol. The molecule has 0 aliphatic heterocycles. The van der Waals surface area contributed by atoms with Gasteiger partial charge in [0.15, 0.2) is 0 Å². The molecular weight excluding hydrogens is 254 g/mol. The van der Waals surface area contributed by atoms with E-state index < -0.39 is 23.2 Å². The van der Waals surface area contributed by atoms with Gasteiger partial charge in [0.05, 0.1) is 18.6 Å². The van der Waals surface area contributed by atoms with Gasteiger partial charge >= 0.3 is 12.1 Å². The molecule has 1 amide bonds. The number of hydrogen-bond acceptors (Lipinski definition) is 5. The van der Waals surface area contributed by atoms with Crippen LogP contribution in [0, 0.1) is 0 Å². The maximum absolute atomic E-state index is 11.7. The van der Waals surface area contributed by atoms with Crippen molar-refractivity contribution in [2.24, 2.45) is 0 Å². The fourth-order valence-electron chi connectivity index (χ4n) is 1.37. The highest BCUT2D eigenvalue weighted by atomic mass is 16.7. The number of carboxylic acids is 1. The molecule has 0 spiro atoms. The van der Waals surface area contributed by atoms with Gasteiger partial charge in [-0.05, 0) is 27.7 Å². The number of aliphatic carboxylic acids is 1. The summed E-state index contributed by atoms with van der Waals surface area (Å²) in [5.74, 6) is -1.04. The highest BCUT2D eigenvalue weighted by Crippen LogP contribution is 2.13. The van der Waals surface area contributed by atoms with E-state index in [0.29, 0.717) is 0 Å². The number of nitrogens with one attached hydrogen (secondary N) is 1. The number of carbonyl (C=O) groups is 2. The largest absolute Gasteiger partial charge is 0.481 e. The van der Waals surface area contributed by atoms with Crippen LogP contribution in [-0.2, 0) is 19.0 Å². The summed E-state index contributed by atoms with van der Waals surface area (Å²) in [6, 6.07) is 0. The van der Waals surface area contributed by atoms with E-state index in [1.807, 2.05) is 0 Å². The van der Waals surface area contributed by atoms with Gasteiger partial charge < -0.3 is 24.6 Å². The van der Waals surface area contributed by atoms with Crippen molar-refractivity contribution in [2.75, 3.05) is 20.5 Å². The highest BCUT2D eigenvalue weighted by Gasteiger charge is 2.31. The van der Waals surface area contributed by atoms with Crippen molar-refractivity contribution >= 4 is 12.1 Å². The normalized spacial score (nSPS) is 14.6. The maximum atomic E-state index is 11.7. The van der Waals surface area contributed by atoms with Gasteiger partial charge in [-0.1, -0.05) is 0 Å². The first-order valence-electron chi connectivity index (χ1n) is 5.88. The first-order valence-corrected chi connectivity index (χ1v) is 5.88. The lowest BCUT2D eigenvalue weighted by Gasteiger charge is -2.30. The Morgan fingerprint density at radius 1 is 1.21 bits per heavy atom. The summed E-state index contributed by atoms with van der Waals surface area (Å²) in [6.07, 6.45) is -0.965. The molecule has 7 nitrogen and oxygen atoms in total. The van der Waals surface area contributed by atoms with Gasteiger partial charge in [-0.2, -0.15) is 0 Å². The van der Waals surface area contributed by atoms with Crippen LogP contribution in [0.4, 0.5) is 4.79 Å². The second-order valence-electron chi connectivity index (χ2n) is 5.51. The molecule has 0 aliphatic carbocycles. The Kier molecular flexibility index (Phi) is 6.78.